The van der Waals surface area contributed by atoms with Gasteiger partial charge in [0.15, 0.2) is 5.78 Å². The normalized spacial score (nSPS) is 11.4. The summed E-state index contributed by atoms with van der Waals surface area (Å²) in [5.74, 6) is 5.92. The molecule has 0 unspecified atom stereocenters. The third-order valence-corrected chi connectivity index (χ3v) is 2.35. The molecule has 1 rings (SSSR count). The molecule has 3 nitrogen and oxygen atoms in total. The number of carbonyl (C=O) groups excluding carboxylic acids is 1. The van der Waals surface area contributed by atoms with E-state index in [4.69, 9.17) is 4.74 Å². The van der Waals surface area contributed by atoms with E-state index < -0.39 is 0 Å². The van der Waals surface area contributed by atoms with Gasteiger partial charge in [-0.25, -0.2) is 0 Å². The van der Waals surface area contributed by atoms with Crippen LogP contribution >= 0.6 is 0 Å². The van der Waals surface area contributed by atoms with Gasteiger partial charge in [-0.3, -0.25) is 4.79 Å². The van der Waals surface area contributed by atoms with E-state index in [1.165, 1.54) is 7.11 Å². The second-order valence-electron chi connectivity index (χ2n) is 3.71. The van der Waals surface area contributed by atoms with Crippen LogP contribution in [0.5, 0.6) is 5.75 Å². The fraction of sp³-hybridized carbons (Fsp3) is 0.357. The minimum absolute atomic E-state index is 0.0216. The molecule has 1 aromatic rings. The SMILES string of the molecule is CC#C[C@@H](CC(=O)COC)c1ccc(O)cc1. The van der Waals surface area contributed by atoms with Crippen LogP contribution in [0, 0.1) is 11.8 Å². The summed E-state index contributed by atoms with van der Waals surface area (Å²) < 4.78 is 4.80. The molecular formula is C14H16O3. The fourth-order valence-electron chi connectivity index (χ4n) is 1.58. The predicted octanol–water partition coefficient (Wildman–Crippen LogP) is 2.10. The molecule has 0 radical (unpaired) electrons. The van der Waals surface area contributed by atoms with Crippen molar-refractivity contribution in [3.05, 3.63) is 29.8 Å². The first-order valence-electron chi connectivity index (χ1n) is 5.39. The van der Waals surface area contributed by atoms with E-state index in [1.54, 1.807) is 31.2 Å². The van der Waals surface area contributed by atoms with Crippen molar-refractivity contribution in [1.82, 2.24) is 0 Å². The summed E-state index contributed by atoms with van der Waals surface area (Å²) in [5, 5.41) is 9.21. The zero-order chi connectivity index (χ0) is 12.7. The second-order valence-corrected chi connectivity index (χ2v) is 3.71. The van der Waals surface area contributed by atoms with Gasteiger partial charge in [-0.15, -0.1) is 5.92 Å². The molecule has 0 amide bonds. The molecule has 17 heavy (non-hydrogen) atoms. The van der Waals surface area contributed by atoms with E-state index in [2.05, 4.69) is 11.8 Å². The highest BCUT2D eigenvalue weighted by Gasteiger charge is 2.13. The van der Waals surface area contributed by atoms with Crippen LogP contribution in [0.1, 0.15) is 24.8 Å². The Kier molecular flexibility index (Phi) is 5.25. The lowest BCUT2D eigenvalue weighted by Gasteiger charge is -2.10. The maximum absolute atomic E-state index is 11.5. The van der Waals surface area contributed by atoms with Crippen molar-refractivity contribution >= 4 is 5.78 Å². The van der Waals surface area contributed by atoms with Gasteiger partial charge in [-0.2, -0.15) is 0 Å². The second kappa shape index (κ2) is 6.72. The van der Waals surface area contributed by atoms with Crippen LogP contribution in [0.3, 0.4) is 0 Å². The van der Waals surface area contributed by atoms with Crippen molar-refractivity contribution < 1.29 is 14.6 Å². The molecule has 0 aliphatic carbocycles. The molecule has 0 aliphatic heterocycles. The Morgan fingerprint density at radius 3 is 2.59 bits per heavy atom. The van der Waals surface area contributed by atoms with Crippen molar-refractivity contribution in [2.75, 3.05) is 13.7 Å². The largest absolute Gasteiger partial charge is 0.508 e. The molecule has 90 valence electrons. The number of phenols is 1. The first-order chi connectivity index (χ1) is 8.17. The minimum Gasteiger partial charge on any atom is -0.508 e. The molecule has 0 aromatic heterocycles. The van der Waals surface area contributed by atoms with E-state index >= 15 is 0 Å². The lowest BCUT2D eigenvalue weighted by Crippen LogP contribution is -2.11. The van der Waals surface area contributed by atoms with Crippen LogP contribution < -0.4 is 0 Å². The number of hydrogen-bond donors (Lipinski definition) is 1. The first-order valence-corrected chi connectivity index (χ1v) is 5.39. The number of carbonyl (C=O) groups is 1. The van der Waals surface area contributed by atoms with Gasteiger partial charge in [0.25, 0.3) is 0 Å². The van der Waals surface area contributed by atoms with Crippen LogP contribution in [0.25, 0.3) is 0 Å². The van der Waals surface area contributed by atoms with E-state index in [-0.39, 0.29) is 24.1 Å². The number of ether oxygens (including phenoxy) is 1. The molecule has 0 fully saturated rings. The molecule has 0 saturated heterocycles. The summed E-state index contributed by atoms with van der Waals surface area (Å²) in [4.78, 5) is 11.5. The third kappa shape index (κ3) is 4.29. The Hall–Kier alpha value is -1.79. The molecule has 0 spiro atoms. The van der Waals surface area contributed by atoms with Gasteiger partial charge < -0.3 is 9.84 Å². The predicted molar refractivity (Wildman–Crippen MR) is 65.8 cm³/mol. The number of rotatable bonds is 5. The number of methoxy groups -OCH3 is 1. The van der Waals surface area contributed by atoms with Crippen molar-refractivity contribution in [2.24, 2.45) is 0 Å². The van der Waals surface area contributed by atoms with Gasteiger partial charge in [0.2, 0.25) is 0 Å². The molecule has 3 heteroatoms. The molecule has 1 aromatic carbocycles. The third-order valence-electron chi connectivity index (χ3n) is 2.35. The Balaban J connectivity index is 2.81. The summed E-state index contributed by atoms with van der Waals surface area (Å²) in [7, 11) is 1.50. The number of hydrogen-bond acceptors (Lipinski definition) is 3. The van der Waals surface area contributed by atoms with E-state index in [9.17, 15) is 9.90 Å². The Labute approximate surface area is 101 Å². The standard InChI is InChI=1S/C14H16O3/c1-3-4-12(9-14(16)10-17-2)11-5-7-13(15)8-6-11/h5-8,12,15H,9-10H2,1-2H3/t12-/m0/s1. The van der Waals surface area contributed by atoms with Gasteiger partial charge in [0.05, 0.1) is 5.92 Å². The van der Waals surface area contributed by atoms with E-state index in [0.29, 0.717) is 6.42 Å². The number of ketones is 1. The van der Waals surface area contributed by atoms with Gasteiger partial charge >= 0.3 is 0 Å². The van der Waals surface area contributed by atoms with Crippen LogP contribution in [-0.4, -0.2) is 24.6 Å². The lowest BCUT2D eigenvalue weighted by molar-refractivity contribution is -0.122. The molecule has 0 saturated carbocycles. The zero-order valence-corrected chi connectivity index (χ0v) is 10.1. The van der Waals surface area contributed by atoms with Crippen molar-refractivity contribution in [3.8, 4) is 17.6 Å². The van der Waals surface area contributed by atoms with Crippen molar-refractivity contribution in [2.45, 2.75) is 19.3 Å². The average Bonchev–Trinajstić information content (AvgIpc) is 2.30. The lowest BCUT2D eigenvalue weighted by atomic mass is 9.94. The highest BCUT2D eigenvalue weighted by Crippen LogP contribution is 2.21. The van der Waals surface area contributed by atoms with Gasteiger partial charge in [-0.05, 0) is 24.6 Å². The molecule has 0 bridgehead atoms. The number of aromatic hydroxyl groups is 1. The number of Topliss-reactive ketones (excluding diaryl/α,β-unsaturated/α-hetero) is 1. The molecule has 1 atom stereocenters. The fourth-order valence-corrected chi connectivity index (χ4v) is 1.58. The summed E-state index contributed by atoms with van der Waals surface area (Å²) in [6.45, 7) is 1.86. The Bertz CT molecular complexity index is 423. The topological polar surface area (TPSA) is 46.5 Å². The van der Waals surface area contributed by atoms with Crippen LogP contribution in [0.4, 0.5) is 0 Å². The molecular weight excluding hydrogens is 216 g/mol. The Morgan fingerprint density at radius 1 is 1.41 bits per heavy atom. The number of phenolic OH excluding ortho intramolecular Hbond substituents is 1. The zero-order valence-electron chi connectivity index (χ0n) is 10.1. The summed E-state index contributed by atoms with van der Waals surface area (Å²) in [6.07, 6.45) is 0.333. The van der Waals surface area contributed by atoms with Crippen molar-refractivity contribution in [3.63, 3.8) is 0 Å². The van der Waals surface area contributed by atoms with Gasteiger partial charge in [0, 0.05) is 13.5 Å². The first kappa shape index (κ1) is 13.3. The maximum Gasteiger partial charge on any atom is 0.160 e. The van der Waals surface area contributed by atoms with Crippen LogP contribution in [-0.2, 0) is 9.53 Å². The quantitative estimate of drug-likeness (QED) is 0.791. The highest BCUT2D eigenvalue weighted by atomic mass is 16.5. The van der Waals surface area contributed by atoms with E-state index in [1.807, 2.05) is 0 Å². The summed E-state index contributed by atoms with van der Waals surface area (Å²) in [5.41, 5.74) is 0.932. The maximum atomic E-state index is 11.5. The number of benzene rings is 1. The molecule has 0 aliphatic rings. The van der Waals surface area contributed by atoms with Crippen LogP contribution in [0.2, 0.25) is 0 Å². The smallest absolute Gasteiger partial charge is 0.160 e. The van der Waals surface area contributed by atoms with E-state index in [0.717, 1.165) is 5.56 Å². The van der Waals surface area contributed by atoms with Crippen LogP contribution in [0.15, 0.2) is 24.3 Å². The summed E-state index contributed by atoms with van der Waals surface area (Å²) >= 11 is 0. The van der Waals surface area contributed by atoms with Gasteiger partial charge in [0.1, 0.15) is 12.4 Å². The van der Waals surface area contributed by atoms with Crippen molar-refractivity contribution in [1.29, 1.82) is 0 Å². The molecule has 0 heterocycles. The Morgan fingerprint density at radius 2 is 2.06 bits per heavy atom. The molecule has 1 N–H and O–H groups in total. The minimum atomic E-state index is -0.136. The average molecular weight is 232 g/mol. The summed E-state index contributed by atoms with van der Waals surface area (Å²) in [6, 6.07) is 6.76. The highest BCUT2D eigenvalue weighted by molar-refractivity contribution is 5.81. The monoisotopic (exact) mass is 232 g/mol. The van der Waals surface area contributed by atoms with Gasteiger partial charge in [-0.1, -0.05) is 18.1 Å².